The Bertz CT molecular complexity index is 901. The van der Waals surface area contributed by atoms with Crippen LogP contribution in [0.25, 0.3) is 0 Å². The summed E-state index contributed by atoms with van der Waals surface area (Å²) < 4.78 is 5.83. The third kappa shape index (κ3) is 5.95. The van der Waals surface area contributed by atoms with Crippen LogP contribution in [-0.4, -0.2) is 77.4 Å². The molecule has 0 spiro atoms. The van der Waals surface area contributed by atoms with Crippen LogP contribution >= 0.6 is 0 Å². The normalized spacial score (nSPS) is 21.5. The van der Waals surface area contributed by atoms with Crippen molar-refractivity contribution in [2.24, 2.45) is 0 Å². The molecule has 2 aliphatic heterocycles. The topological polar surface area (TPSA) is 90.8 Å². The van der Waals surface area contributed by atoms with Gasteiger partial charge in [-0.2, -0.15) is 0 Å². The third-order valence-electron chi connectivity index (χ3n) is 6.27. The van der Waals surface area contributed by atoms with Gasteiger partial charge in [-0.05, 0) is 63.5 Å². The third-order valence-corrected chi connectivity index (χ3v) is 6.27. The summed E-state index contributed by atoms with van der Waals surface area (Å²) >= 11 is 0. The number of rotatable bonds is 8. The first-order chi connectivity index (χ1) is 15.5. The highest BCUT2D eigenvalue weighted by molar-refractivity contribution is 5.94. The number of aryl methyl sites for hydroxylation is 1. The molecular formula is C24H33N5O3. The van der Waals surface area contributed by atoms with Crippen molar-refractivity contribution in [3.63, 3.8) is 0 Å². The van der Waals surface area contributed by atoms with E-state index in [2.05, 4.69) is 20.2 Å². The summed E-state index contributed by atoms with van der Waals surface area (Å²) in [7, 11) is 0. The molecule has 2 aromatic rings. The molecule has 0 saturated carbocycles. The van der Waals surface area contributed by atoms with Crippen molar-refractivity contribution in [3.8, 4) is 5.75 Å². The minimum absolute atomic E-state index is 0.195. The van der Waals surface area contributed by atoms with Crippen LogP contribution in [-0.2, 0) is 0 Å². The summed E-state index contributed by atoms with van der Waals surface area (Å²) in [4.78, 5) is 25.4. The van der Waals surface area contributed by atoms with Gasteiger partial charge in [-0.3, -0.25) is 9.69 Å². The Morgan fingerprint density at radius 3 is 2.69 bits per heavy atom. The molecule has 0 bridgehead atoms. The van der Waals surface area contributed by atoms with Gasteiger partial charge in [-0.15, -0.1) is 0 Å². The van der Waals surface area contributed by atoms with Crippen molar-refractivity contribution in [1.82, 2.24) is 20.2 Å². The number of nitrogens with one attached hydrogen (secondary N) is 1. The highest BCUT2D eigenvalue weighted by atomic mass is 16.5. The standard InChI is InChI=1S/C24H33N5O3/c1-19-15-22(27-18-26-19)29-12-9-24(31,17-29)16-25-23(30)20-5-7-21(8-6-20)32-14-13-28-10-3-2-4-11-28/h5-8,15,18,31H,2-4,9-14,16-17H2,1H3,(H,25,30)/t24-/m0/s1. The first-order valence-electron chi connectivity index (χ1n) is 11.5. The Morgan fingerprint density at radius 1 is 1.16 bits per heavy atom. The Balaban J connectivity index is 1.22. The summed E-state index contributed by atoms with van der Waals surface area (Å²) in [5.41, 5.74) is 0.461. The van der Waals surface area contributed by atoms with Crippen LogP contribution in [0.15, 0.2) is 36.7 Å². The minimum Gasteiger partial charge on any atom is -0.492 e. The molecule has 2 aliphatic rings. The molecule has 2 N–H and O–H groups in total. The predicted molar refractivity (Wildman–Crippen MR) is 123 cm³/mol. The molecule has 1 aromatic carbocycles. The van der Waals surface area contributed by atoms with Gasteiger partial charge in [-0.1, -0.05) is 6.42 Å². The quantitative estimate of drug-likeness (QED) is 0.650. The van der Waals surface area contributed by atoms with Crippen molar-refractivity contribution in [1.29, 1.82) is 0 Å². The van der Waals surface area contributed by atoms with Gasteiger partial charge < -0.3 is 20.1 Å². The van der Waals surface area contributed by atoms with E-state index < -0.39 is 5.60 Å². The fourth-order valence-corrected chi connectivity index (χ4v) is 4.33. The van der Waals surface area contributed by atoms with Crippen molar-refractivity contribution in [3.05, 3.63) is 47.9 Å². The van der Waals surface area contributed by atoms with Crippen LogP contribution in [0.3, 0.4) is 0 Å². The highest BCUT2D eigenvalue weighted by Crippen LogP contribution is 2.25. The molecule has 172 valence electrons. The number of likely N-dealkylation sites (tertiary alicyclic amines) is 1. The average Bonchev–Trinajstić information content (AvgIpc) is 3.21. The number of aromatic nitrogens is 2. The number of carbonyl (C=O) groups is 1. The van der Waals surface area contributed by atoms with E-state index in [0.717, 1.165) is 36.9 Å². The maximum absolute atomic E-state index is 12.6. The fourth-order valence-electron chi connectivity index (χ4n) is 4.33. The predicted octanol–water partition coefficient (Wildman–Crippen LogP) is 2.02. The number of hydrogen-bond acceptors (Lipinski definition) is 7. The summed E-state index contributed by atoms with van der Waals surface area (Å²) in [5, 5.41) is 13.8. The Morgan fingerprint density at radius 2 is 1.94 bits per heavy atom. The van der Waals surface area contributed by atoms with Crippen LogP contribution in [0.1, 0.15) is 41.7 Å². The number of aliphatic hydroxyl groups is 1. The zero-order chi connectivity index (χ0) is 22.4. The van der Waals surface area contributed by atoms with E-state index >= 15 is 0 Å². The van der Waals surface area contributed by atoms with Gasteiger partial charge in [0.2, 0.25) is 0 Å². The Hall–Kier alpha value is -2.71. The molecule has 0 aliphatic carbocycles. The van der Waals surface area contributed by atoms with E-state index in [-0.39, 0.29) is 12.5 Å². The van der Waals surface area contributed by atoms with Gasteiger partial charge >= 0.3 is 0 Å². The van der Waals surface area contributed by atoms with E-state index in [1.165, 1.54) is 25.6 Å². The van der Waals surface area contributed by atoms with Crippen molar-refractivity contribution in [2.75, 3.05) is 50.8 Å². The number of β-amino-alcohol motifs (C(OH)–C–C–N with tert-alkyl or cyclic N) is 1. The van der Waals surface area contributed by atoms with Crippen LogP contribution in [0.2, 0.25) is 0 Å². The zero-order valence-electron chi connectivity index (χ0n) is 18.8. The number of piperidine rings is 1. The van der Waals surface area contributed by atoms with Crippen molar-refractivity contribution >= 4 is 11.7 Å². The SMILES string of the molecule is Cc1cc(N2CC[C@](O)(CNC(=O)c3ccc(OCCN4CCCCC4)cc3)C2)ncn1. The second-order valence-electron chi connectivity index (χ2n) is 8.87. The fraction of sp³-hybridized carbons (Fsp3) is 0.542. The molecule has 0 unspecified atom stereocenters. The van der Waals surface area contributed by atoms with Gasteiger partial charge in [-0.25, -0.2) is 9.97 Å². The summed E-state index contributed by atoms with van der Waals surface area (Å²) in [6, 6.07) is 9.09. The first-order valence-corrected chi connectivity index (χ1v) is 11.5. The number of carbonyl (C=O) groups excluding carboxylic acids is 1. The lowest BCUT2D eigenvalue weighted by Crippen LogP contribution is -2.45. The van der Waals surface area contributed by atoms with Gasteiger partial charge in [0, 0.05) is 43.5 Å². The molecule has 1 atom stereocenters. The van der Waals surface area contributed by atoms with Gasteiger partial charge in [0.1, 0.15) is 30.1 Å². The summed E-state index contributed by atoms with van der Waals surface area (Å²) in [6.07, 6.45) is 5.98. The van der Waals surface area contributed by atoms with E-state index in [1.54, 1.807) is 12.1 Å². The molecule has 2 fully saturated rings. The highest BCUT2D eigenvalue weighted by Gasteiger charge is 2.37. The van der Waals surface area contributed by atoms with E-state index in [1.807, 2.05) is 30.0 Å². The second-order valence-corrected chi connectivity index (χ2v) is 8.87. The maximum Gasteiger partial charge on any atom is 0.251 e. The molecular weight excluding hydrogens is 406 g/mol. The number of hydrogen-bond donors (Lipinski definition) is 2. The lowest BCUT2D eigenvalue weighted by molar-refractivity contribution is 0.0575. The molecule has 0 radical (unpaired) electrons. The van der Waals surface area contributed by atoms with Crippen LogP contribution in [0, 0.1) is 6.92 Å². The van der Waals surface area contributed by atoms with Gasteiger partial charge in [0.25, 0.3) is 5.91 Å². The molecule has 32 heavy (non-hydrogen) atoms. The largest absolute Gasteiger partial charge is 0.492 e. The molecule has 3 heterocycles. The lowest BCUT2D eigenvalue weighted by Gasteiger charge is -2.26. The van der Waals surface area contributed by atoms with Gasteiger partial charge in [0.05, 0.1) is 0 Å². The average molecular weight is 440 g/mol. The van der Waals surface area contributed by atoms with E-state index in [4.69, 9.17) is 4.74 Å². The number of ether oxygens (including phenoxy) is 1. The lowest BCUT2D eigenvalue weighted by atomic mass is 10.0. The van der Waals surface area contributed by atoms with Crippen LogP contribution < -0.4 is 15.0 Å². The number of amides is 1. The Labute approximate surface area is 189 Å². The number of nitrogens with zero attached hydrogens (tertiary/aromatic N) is 4. The molecule has 1 aromatic heterocycles. The summed E-state index contributed by atoms with van der Waals surface area (Å²) in [6.45, 7) is 7.13. The van der Waals surface area contributed by atoms with Crippen LogP contribution in [0.4, 0.5) is 5.82 Å². The Kier molecular flexibility index (Phi) is 7.22. The van der Waals surface area contributed by atoms with Gasteiger partial charge in [0.15, 0.2) is 0 Å². The smallest absolute Gasteiger partial charge is 0.251 e. The van der Waals surface area contributed by atoms with Crippen LogP contribution in [0.5, 0.6) is 5.75 Å². The van der Waals surface area contributed by atoms with Crippen molar-refractivity contribution < 1.29 is 14.6 Å². The molecule has 4 rings (SSSR count). The molecule has 2 saturated heterocycles. The first kappa shape index (κ1) is 22.5. The molecule has 8 nitrogen and oxygen atoms in total. The second kappa shape index (κ2) is 10.3. The number of anilines is 1. The monoisotopic (exact) mass is 439 g/mol. The number of benzene rings is 1. The summed E-state index contributed by atoms with van der Waals surface area (Å²) in [5.74, 6) is 1.37. The van der Waals surface area contributed by atoms with E-state index in [0.29, 0.717) is 31.7 Å². The minimum atomic E-state index is -0.980. The van der Waals surface area contributed by atoms with Crippen molar-refractivity contribution in [2.45, 2.75) is 38.2 Å². The molecule has 8 heteroatoms. The molecule has 1 amide bonds. The maximum atomic E-state index is 12.6. The zero-order valence-corrected chi connectivity index (χ0v) is 18.8. The van der Waals surface area contributed by atoms with E-state index in [9.17, 15) is 9.90 Å².